The monoisotopic (exact) mass is 381 g/mol. The third-order valence-corrected chi connectivity index (χ3v) is 4.79. The Bertz CT molecular complexity index is 1040. The summed E-state index contributed by atoms with van der Waals surface area (Å²) in [4.78, 5) is 4.00. The first-order valence-electron chi connectivity index (χ1n) is 9.59. The highest BCUT2D eigenvalue weighted by Gasteiger charge is 2.03. The van der Waals surface area contributed by atoms with Gasteiger partial charge < -0.3 is 0 Å². The Morgan fingerprint density at radius 2 is 1.54 bits per heavy atom. The van der Waals surface area contributed by atoms with Crippen molar-refractivity contribution < 1.29 is 0 Å². The average Bonchev–Trinajstić information content (AvgIpc) is 2.72. The lowest BCUT2D eigenvalue weighted by Gasteiger charge is -2.07. The first-order valence-corrected chi connectivity index (χ1v) is 10.0. The van der Waals surface area contributed by atoms with E-state index in [2.05, 4.69) is 103 Å². The van der Waals surface area contributed by atoms with Gasteiger partial charge in [0, 0.05) is 11.1 Å². The van der Waals surface area contributed by atoms with E-state index in [1.54, 1.807) is 0 Å². The van der Waals surface area contributed by atoms with E-state index < -0.39 is 0 Å². The zero-order valence-corrected chi connectivity index (χ0v) is 17.1. The molecule has 0 atom stereocenters. The van der Waals surface area contributed by atoms with E-state index in [0.717, 1.165) is 28.8 Å². The van der Waals surface area contributed by atoms with Gasteiger partial charge in [-0.2, -0.15) is 4.99 Å². The Kier molecular flexibility index (Phi) is 6.93. The second-order valence-electron chi connectivity index (χ2n) is 6.83. The smallest absolute Gasteiger partial charge is 0.0739 e. The molecule has 0 fully saturated rings. The van der Waals surface area contributed by atoms with Gasteiger partial charge in [-0.25, -0.2) is 0 Å². The lowest BCUT2D eigenvalue weighted by atomic mass is 9.98. The van der Waals surface area contributed by atoms with Crippen LogP contribution >= 0.6 is 12.2 Å². The highest BCUT2D eigenvalue weighted by atomic mass is 32.1. The van der Waals surface area contributed by atoms with Gasteiger partial charge in [0.2, 0.25) is 0 Å². The zero-order valence-electron chi connectivity index (χ0n) is 16.3. The van der Waals surface area contributed by atoms with Crippen molar-refractivity contribution >= 4 is 23.1 Å². The van der Waals surface area contributed by atoms with E-state index in [9.17, 15) is 0 Å². The topological polar surface area (TPSA) is 12.4 Å². The van der Waals surface area contributed by atoms with Crippen molar-refractivity contribution in [1.82, 2.24) is 0 Å². The minimum Gasteiger partial charge on any atom is -0.195 e. The molecule has 138 valence electrons. The van der Waals surface area contributed by atoms with E-state index in [0.29, 0.717) is 0 Å². The fourth-order valence-electron chi connectivity index (χ4n) is 3.11. The number of unbranched alkanes of at least 4 members (excludes halogenated alkanes) is 1. The van der Waals surface area contributed by atoms with Crippen LogP contribution in [0.3, 0.4) is 0 Å². The Labute approximate surface area is 173 Å². The van der Waals surface area contributed by atoms with Crippen LogP contribution in [0.15, 0.2) is 71.7 Å². The standard InChI is InChI=1S/C26H23NS/c1-3-4-5-21-6-8-22(9-7-21)10-11-23-12-17-26(20(2)18-23)24-13-15-25(16-14-24)27-19-28/h6-9,12-18H,3-5H2,1-2H3. The largest absolute Gasteiger partial charge is 0.195 e. The number of isothiocyanates is 1. The fraction of sp³-hybridized carbons (Fsp3) is 0.192. The summed E-state index contributed by atoms with van der Waals surface area (Å²) in [6.07, 6.45) is 3.60. The number of rotatable bonds is 5. The molecule has 0 aliphatic heterocycles. The van der Waals surface area contributed by atoms with Gasteiger partial charge in [0.1, 0.15) is 0 Å². The summed E-state index contributed by atoms with van der Waals surface area (Å²) in [5.74, 6) is 6.56. The van der Waals surface area contributed by atoms with Crippen LogP contribution < -0.4 is 0 Å². The van der Waals surface area contributed by atoms with Crippen molar-refractivity contribution in [3.63, 3.8) is 0 Å². The molecular weight excluding hydrogens is 358 g/mol. The molecule has 1 nitrogen and oxygen atoms in total. The minimum atomic E-state index is 0.819. The Morgan fingerprint density at radius 1 is 0.857 bits per heavy atom. The van der Waals surface area contributed by atoms with Gasteiger partial charge in [0.25, 0.3) is 0 Å². The molecule has 0 spiro atoms. The molecule has 3 aromatic carbocycles. The molecule has 0 heterocycles. The summed E-state index contributed by atoms with van der Waals surface area (Å²) < 4.78 is 0. The molecular formula is C26H23NS. The van der Waals surface area contributed by atoms with Crippen molar-refractivity contribution in [2.75, 3.05) is 0 Å². The van der Waals surface area contributed by atoms with E-state index >= 15 is 0 Å². The Hall–Kier alpha value is -2.98. The molecule has 0 saturated carbocycles. The lowest BCUT2D eigenvalue weighted by molar-refractivity contribution is 0.795. The normalized spacial score (nSPS) is 9.93. The predicted octanol–water partition coefficient (Wildman–Crippen LogP) is 7.14. The average molecular weight is 382 g/mol. The van der Waals surface area contributed by atoms with Crippen molar-refractivity contribution in [3.8, 4) is 23.0 Å². The van der Waals surface area contributed by atoms with Crippen LogP contribution in [-0.2, 0) is 6.42 Å². The molecule has 0 amide bonds. The van der Waals surface area contributed by atoms with Crippen LogP contribution in [0.4, 0.5) is 5.69 Å². The van der Waals surface area contributed by atoms with E-state index in [-0.39, 0.29) is 0 Å². The van der Waals surface area contributed by atoms with E-state index in [1.807, 2.05) is 12.1 Å². The molecule has 0 aliphatic rings. The van der Waals surface area contributed by atoms with Crippen molar-refractivity contribution in [2.24, 2.45) is 4.99 Å². The second-order valence-corrected chi connectivity index (χ2v) is 7.01. The van der Waals surface area contributed by atoms with Gasteiger partial charge in [-0.05, 0) is 90.6 Å². The Morgan fingerprint density at radius 3 is 2.18 bits per heavy atom. The SMILES string of the molecule is CCCCc1ccc(C#Cc2ccc(-c3ccc(N=C=S)cc3)c(C)c2)cc1. The molecule has 0 unspecified atom stereocenters. The maximum atomic E-state index is 4.65. The third-order valence-electron chi connectivity index (χ3n) is 4.70. The maximum absolute atomic E-state index is 4.65. The van der Waals surface area contributed by atoms with E-state index in [4.69, 9.17) is 0 Å². The number of nitrogens with zero attached hydrogens (tertiary/aromatic N) is 1. The molecule has 2 heteroatoms. The van der Waals surface area contributed by atoms with Gasteiger partial charge in [-0.15, -0.1) is 0 Å². The van der Waals surface area contributed by atoms with Crippen LogP contribution in [0.2, 0.25) is 0 Å². The molecule has 3 aromatic rings. The number of hydrogen-bond donors (Lipinski definition) is 0. The van der Waals surface area contributed by atoms with E-state index in [1.165, 1.54) is 29.5 Å². The van der Waals surface area contributed by atoms with Crippen LogP contribution in [-0.4, -0.2) is 5.16 Å². The molecule has 0 radical (unpaired) electrons. The first kappa shape index (κ1) is 19.8. The molecule has 0 N–H and O–H groups in total. The summed E-state index contributed by atoms with van der Waals surface area (Å²) in [6.45, 7) is 4.34. The highest BCUT2D eigenvalue weighted by molar-refractivity contribution is 7.78. The maximum Gasteiger partial charge on any atom is 0.0739 e. The molecule has 0 aliphatic carbocycles. The van der Waals surface area contributed by atoms with Crippen LogP contribution in [0.25, 0.3) is 11.1 Å². The molecule has 3 rings (SSSR count). The molecule has 0 saturated heterocycles. The number of thiocarbonyl (C=S) groups is 1. The molecule has 0 aromatic heterocycles. The number of hydrogen-bond acceptors (Lipinski definition) is 2. The van der Waals surface area contributed by atoms with Gasteiger partial charge in [0.05, 0.1) is 10.8 Å². The molecule has 0 bridgehead atoms. The molecule has 28 heavy (non-hydrogen) atoms. The summed E-state index contributed by atoms with van der Waals surface area (Å²) in [5.41, 5.74) is 7.84. The van der Waals surface area contributed by atoms with Crippen LogP contribution in [0, 0.1) is 18.8 Å². The van der Waals surface area contributed by atoms with Gasteiger partial charge >= 0.3 is 0 Å². The number of aliphatic imine (C=N–C) groups is 1. The summed E-state index contributed by atoms with van der Waals surface area (Å²) in [5, 5.41) is 2.39. The number of benzene rings is 3. The summed E-state index contributed by atoms with van der Waals surface area (Å²) >= 11 is 4.65. The lowest BCUT2D eigenvalue weighted by Crippen LogP contribution is -1.86. The summed E-state index contributed by atoms with van der Waals surface area (Å²) in [7, 11) is 0. The second kappa shape index (κ2) is 9.81. The minimum absolute atomic E-state index is 0.819. The van der Waals surface area contributed by atoms with Gasteiger partial charge in [0.15, 0.2) is 0 Å². The number of aryl methyl sites for hydroxylation is 2. The van der Waals surface area contributed by atoms with Crippen molar-refractivity contribution in [3.05, 3.63) is 89.0 Å². The van der Waals surface area contributed by atoms with Gasteiger partial charge in [-0.3, -0.25) is 0 Å². The van der Waals surface area contributed by atoms with Crippen molar-refractivity contribution in [2.45, 2.75) is 33.1 Å². The Balaban J connectivity index is 1.76. The summed E-state index contributed by atoms with van der Waals surface area (Å²) in [6, 6.07) is 23.0. The van der Waals surface area contributed by atoms with Crippen LogP contribution in [0.1, 0.15) is 42.0 Å². The zero-order chi connectivity index (χ0) is 19.8. The quantitative estimate of drug-likeness (QED) is 0.260. The fourth-order valence-corrected chi connectivity index (χ4v) is 3.22. The van der Waals surface area contributed by atoms with Crippen LogP contribution in [0.5, 0.6) is 0 Å². The van der Waals surface area contributed by atoms with Crippen molar-refractivity contribution in [1.29, 1.82) is 0 Å². The first-order chi connectivity index (χ1) is 13.7. The predicted molar refractivity (Wildman–Crippen MR) is 122 cm³/mol. The third kappa shape index (κ3) is 5.27. The van der Waals surface area contributed by atoms with Gasteiger partial charge in [-0.1, -0.05) is 55.5 Å². The highest BCUT2D eigenvalue weighted by Crippen LogP contribution is 2.26.